The smallest absolute Gasteiger partial charge is 0.326 e. The second-order valence-electron chi connectivity index (χ2n) is 5.82. The molecule has 4 nitrogen and oxygen atoms in total. The van der Waals surface area contributed by atoms with Gasteiger partial charge in [-0.05, 0) is 41.8 Å². The summed E-state index contributed by atoms with van der Waals surface area (Å²) in [6.07, 6.45) is -0.714. The van der Waals surface area contributed by atoms with Crippen molar-refractivity contribution in [2.75, 3.05) is 0 Å². The molecule has 2 aromatic rings. The van der Waals surface area contributed by atoms with Crippen LogP contribution in [-0.4, -0.2) is 23.0 Å². The maximum absolute atomic E-state index is 13.7. The number of alkyl halides is 2. The molecule has 0 aromatic heterocycles. The Balaban J connectivity index is 2.11. The number of nitrogens with two attached hydrogens (primary N) is 1. The number of benzene rings is 2. The summed E-state index contributed by atoms with van der Waals surface area (Å²) in [6, 6.07) is 13.3. The Morgan fingerprint density at radius 2 is 1.88 bits per heavy atom. The number of phenolic OH excluding ortho intramolecular Hbond substituents is 1. The van der Waals surface area contributed by atoms with Crippen LogP contribution in [0, 0.1) is 0 Å². The third-order valence-corrected chi connectivity index (χ3v) is 3.45. The van der Waals surface area contributed by atoms with E-state index in [2.05, 4.69) is 5.32 Å². The van der Waals surface area contributed by atoms with Crippen molar-refractivity contribution in [3.63, 3.8) is 0 Å². The highest BCUT2D eigenvalue weighted by Crippen LogP contribution is 2.26. The highest BCUT2D eigenvalue weighted by Gasteiger charge is 2.39. The van der Waals surface area contributed by atoms with E-state index in [-0.39, 0.29) is 12.3 Å². The standard InChI is InChI=1S/C18H20F2N2O2/c1-12(21)10-18(19,20)17(24)22-11-13-7-15(9-16(23)8-13)14-5-3-2-4-6-14/h2-9,12,23H,10-11,21H2,1H3,(H,22,24). The molecule has 0 bridgehead atoms. The molecule has 1 atom stereocenters. The lowest BCUT2D eigenvalue weighted by molar-refractivity contribution is -0.147. The van der Waals surface area contributed by atoms with Gasteiger partial charge in [0, 0.05) is 19.0 Å². The van der Waals surface area contributed by atoms with Gasteiger partial charge in [0.05, 0.1) is 0 Å². The Hall–Kier alpha value is -2.47. The minimum Gasteiger partial charge on any atom is -0.508 e. The predicted molar refractivity (Wildman–Crippen MR) is 88.6 cm³/mol. The highest BCUT2D eigenvalue weighted by molar-refractivity contribution is 5.83. The number of halogens is 2. The molecule has 4 N–H and O–H groups in total. The number of phenols is 1. The monoisotopic (exact) mass is 334 g/mol. The zero-order valence-corrected chi connectivity index (χ0v) is 13.3. The molecule has 0 saturated carbocycles. The summed E-state index contributed by atoms with van der Waals surface area (Å²) in [5, 5.41) is 12.0. The summed E-state index contributed by atoms with van der Waals surface area (Å²) >= 11 is 0. The average Bonchev–Trinajstić information content (AvgIpc) is 2.51. The SMILES string of the molecule is CC(N)CC(F)(F)C(=O)NCc1cc(O)cc(-c2ccccc2)c1. The maximum Gasteiger partial charge on any atom is 0.326 e. The van der Waals surface area contributed by atoms with E-state index in [4.69, 9.17) is 5.73 Å². The van der Waals surface area contributed by atoms with E-state index in [9.17, 15) is 18.7 Å². The van der Waals surface area contributed by atoms with Crippen molar-refractivity contribution in [3.05, 3.63) is 54.1 Å². The highest BCUT2D eigenvalue weighted by atomic mass is 19.3. The van der Waals surface area contributed by atoms with Crippen LogP contribution in [0.15, 0.2) is 48.5 Å². The third kappa shape index (κ3) is 4.76. The number of hydrogen-bond acceptors (Lipinski definition) is 3. The lowest BCUT2D eigenvalue weighted by Gasteiger charge is -2.18. The van der Waals surface area contributed by atoms with Gasteiger partial charge in [0.25, 0.3) is 5.91 Å². The molecule has 0 aliphatic rings. The number of carbonyl (C=O) groups is 1. The summed E-state index contributed by atoms with van der Waals surface area (Å²) in [5.41, 5.74) is 7.48. The van der Waals surface area contributed by atoms with E-state index in [1.54, 1.807) is 12.1 Å². The third-order valence-electron chi connectivity index (χ3n) is 3.45. The normalized spacial score (nSPS) is 12.7. The first-order chi connectivity index (χ1) is 11.3. The van der Waals surface area contributed by atoms with Gasteiger partial charge >= 0.3 is 5.92 Å². The minimum atomic E-state index is -3.52. The number of carbonyl (C=O) groups excluding carboxylic acids is 1. The lowest BCUT2D eigenvalue weighted by Crippen LogP contribution is -2.43. The number of nitrogens with one attached hydrogen (secondary N) is 1. The van der Waals surface area contributed by atoms with Crippen molar-refractivity contribution in [3.8, 4) is 16.9 Å². The number of aromatic hydroxyl groups is 1. The van der Waals surface area contributed by atoms with Gasteiger partial charge in [0.2, 0.25) is 0 Å². The first kappa shape index (κ1) is 17.9. The van der Waals surface area contributed by atoms with Gasteiger partial charge in [-0.15, -0.1) is 0 Å². The van der Waals surface area contributed by atoms with Crippen LogP contribution < -0.4 is 11.1 Å². The fourth-order valence-electron chi connectivity index (χ4n) is 2.38. The Bertz CT molecular complexity index is 703. The average molecular weight is 334 g/mol. The van der Waals surface area contributed by atoms with Crippen LogP contribution in [0.1, 0.15) is 18.9 Å². The Labute approximate surface area is 139 Å². The van der Waals surface area contributed by atoms with Gasteiger partial charge in [-0.2, -0.15) is 8.78 Å². The van der Waals surface area contributed by atoms with E-state index in [1.165, 1.54) is 13.0 Å². The van der Waals surface area contributed by atoms with Crippen LogP contribution in [0.2, 0.25) is 0 Å². The van der Waals surface area contributed by atoms with Gasteiger partial charge in [0.1, 0.15) is 5.75 Å². The van der Waals surface area contributed by atoms with E-state index in [0.29, 0.717) is 5.56 Å². The van der Waals surface area contributed by atoms with Crippen molar-refractivity contribution < 1.29 is 18.7 Å². The molecular weight excluding hydrogens is 314 g/mol. The first-order valence-corrected chi connectivity index (χ1v) is 7.58. The molecule has 0 fully saturated rings. The van der Waals surface area contributed by atoms with Crippen molar-refractivity contribution in [1.82, 2.24) is 5.32 Å². The molecule has 0 radical (unpaired) electrons. The van der Waals surface area contributed by atoms with Gasteiger partial charge in [-0.1, -0.05) is 30.3 Å². The van der Waals surface area contributed by atoms with Gasteiger partial charge in [-0.25, -0.2) is 0 Å². The molecule has 0 spiro atoms. The zero-order valence-electron chi connectivity index (χ0n) is 13.3. The van der Waals surface area contributed by atoms with E-state index < -0.39 is 24.3 Å². The zero-order chi connectivity index (χ0) is 17.7. The van der Waals surface area contributed by atoms with Crippen molar-refractivity contribution >= 4 is 5.91 Å². The summed E-state index contributed by atoms with van der Waals surface area (Å²) in [6.45, 7) is 1.31. The Morgan fingerprint density at radius 1 is 1.21 bits per heavy atom. The Kier molecular flexibility index (Phi) is 5.51. The van der Waals surface area contributed by atoms with Crippen LogP contribution in [0.5, 0.6) is 5.75 Å². The molecule has 128 valence electrons. The molecule has 2 aromatic carbocycles. The largest absolute Gasteiger partial charge is 0.508 e. The van der Waals surface area contributed by atoms with Gasteiger partial charge in [0.15, 0.2) is 0 Å². The summed E-state index contributed by atoms with van der Waals surface area (Å²) in [5.74, 6) is -4.89. The quantitative estimate of drug-likeness (QED) is 0.760. The van der Waals surface area contributed by atoms with Crippen LogP contribution in [0.25, 0.3) is 11.1 Å². The molecular formula is C18H20F2N2O2. The summed E-state index contributed by atoms with van der Waals surface area (Å²) in [4.78, 5) is 11.6. The number of hydrogen-bond donors (Lipinski definition) is 3. The second kappa shape index (κ2) is 7.40. The number of rotatable bonds is 6. The molecule has 0 aliphatic carbocycles. The molecule has 1 unspecified atom stereocenters. The first-order valence-electron chi connectivity index (χ1n) is 7.58. The van der Waals surface area contributed by atoms with Crippen molar-refractivity contribution in [1.29, 1.82) is 0 Å². The van der Waals surface area contributed by atoms with E-state index in [1.807, 2.05) is 30.3 Å². The van der Waals surface area contributed by atoms with E-state index >= 15 is 0 Å². The molecule has 0 heterocycles. The van der Waals surface area contributed by atoms with Crippen molar-refractivity contribution in [2.24, 2.45) is 5.73 Å². The Morgan fingerprint density at radius 3 is 2.50 bits per heavy atom. The predicted octanol–water partition coefficient (Wildman–Crippen LogP) is 3.05. The van der Waals surface area contributed by atoms with Gasteiger partial charge < -0.3 is 16.2 Å². The lowest BCUT2D eigenvalue weighted by atomic mass is 10.0. The molecule has 24 heavy (non-hydrogen) atoms. The van der Waals surface area contributed by atoms with Crippen molar-refractivity contribution in [2.45, 2.75) is 31.9 Å². The summed E-state index contributed by atoms with van der Waals surface area (Å²) in [7, 11) is 0. The fraction of sp³-hybridized carbons (Fsp3) is 0.278. The number of amides is 1. The molecule has 6 heteroatoms. The molecule has 0 saturated heterocycles. The molecule has 1 amide bonds. The second-order valence-corrected chi connectivity index (χ2v) is 5.82. The van der Waals surface area contributed by atoms with Crippen LogP contribution >= 0.6 is 0 Å². The topological polar surface area (TPSA) is 75.4 Å². The molecule has 0 aliphatic heterocycles. The summed E-state index contributed by atoms with van der Waals surface area (Å²) < 4.78 is 27.3. The minimum absolute atomic E-state index is 0.00272. The fourth-order valence-corrected chi connectivity index (χ4v) is 2.38. The van der Waals surface area contributed by atoms with Crippen LogP contribution in [0.3, 0.4) is 0 Å². The van der Waals surface area contributed by atoms with Crippen LogP contribution in [-0.2, 0) is 11.3 Å². The van der Waals surface area contributed by atoms with Gasteiger partial charge in [-0.3, -0.25) is 4.79 Å². The van der Waals surface area contributed by atoms with E-state index in [0.717, 1.165) is 11.1 Å². The van der Waals surface area contributed by atoms with Crippen LogP contribution in [0.4, 0.5) is 8.78 Å². The maximum atomic E-state index is 13.7. The molecule has 2 rings (SSSR count).